The van der Waals surface area contributed by atoms with Gasteiger partial charge in [-0.3, -0.25) is 0 Å². The summed E-state index contributed by atoms with van der Waals surface area (Å²) in [6.45, 7) is 0. The number of rotatable bonds is 2. The third kappa shape index (κ3) is 2.88. The summed E-state index contributed by atoms with van der Waals surface area (Å²) >= 11 is 7.00. The Morgan fingerprint density at radius 1 is 0.759 bits per heavy atom. The molecule has 5 heteroatoms. The summed E-state index contributed by atoms with van der Waals surface area (Å²) in [6.07, 6.45) is 3.59. The molecule has 0 saturated carbocycles. The Bertz CT molecular complexity index is 1260. The van der Waals surface area contributed by atoms with Crippen LogP contribution in [0, 0.1) is 0 Å². The van der Waals surface area contributed by atoms with E-state index in [-0.39, 0.29) is 0 Å². The van der Waals surface area contributed by atoms with E-state index in [1.165, 1.54) is 0 Å². The summed E-state index contributed by atoms with van der Waals surface area (Å²) in [5.74, 6) is 0.533. The van der Waals surface area contributed by atoms with Crippen LogP contribution < -0.4 is 10.4 Å². The highest BCUT2D eigenvalue weighted by Crippen LogP contribution is 2.47. The molecule has 5 rings (SSSR count). The lowest BCUT2D eigenvalue weighted by molar-refractivity contribution is 0.429. The normalized spacial score (nSPS) is 14.4. The van der Waals surface area contributed by atoms with Crippen molar-refractivity contribution in [1.82, 2.24) is 0 Å². The molecule has 0 aliphatic carbocycles. The second-order valence-electron chi connectivity index (χ2n) is 6.83. The first kappa shape index (κ1) is 18.4. The van der Waals surface area contributed by atoms with E-state index in [4.69, 9.17) is 9.15 Å². The molecule has 0 unspecified atom stereocenters. The molecule has 3 nitrogen and oxygen atoms in total. The van der Waals surface area contributed by atoms with Crippen LogP contribution in [0.2, 0.25) is 0 Å². The SMILES string of the molecule is O=c1oc2ccccc2c2c1C(c1ccc(Br)cc1)(c1ccc(Br)cc1)C=CO2. The molecule has 4 aromatic rings. The Hall–Kier alpha value is -2.63. The largest absolute Gasteiger partial charge is 0.464 e. The number of halogens is 2. The topological polar surface area (TPSA) is 39.4 Å². The van der Waals surface area contributed by atoms with Crippen molar-refractivity contribution in [2.24, 2.45) is 0 Å². The maximum Gasteiger partial charge on any atom is 0.344 e. The summed E-state index contributed by atoms with van der Waals surface area (Å²) in [5.41, 5.74) is 1.64. The van der Waals surface area contributed by atoms with Crippen molar-refractivity contribution < 1.29 is 9.15 Å². The predicted octanol–water partition coefficient (Wildman–Crippen LogP) is 6.56. The zero-order valence-electron chi connectivity index (χ0n) is 15.1. The number of hydrogen-bond acceptors (Lipinski definition) is 3. The number of ether oxygens (including phenoxy) is 1. The van der Waals surface area contributed by atoms with E-state index in [0.29, 0.717) is 16.9 Å². The molecule has 0 radical (unpaired) electrons. The lowest BCUT2D eigenvalue weighted by Gasteiger charge is -2.35. The quantitative estimate of drug-likeness (QED) is 0.287. The molecule has 0 N–H and O–H groups in total. The second kappa shape index (κ2) is 7.01. The van der Waals surface area contributed by atoms with Crippen molar-refractivity contribution in [2.45, 2.75) is 5.41 Å². The third-order valence-corrected chi connectivity index (χ3v) is 6.32. The van der Waals surface area contributed by atoms with Crippen molar-refractivity contribution in [3.05, 3.63) is 121 Å². The van der Waals surface area contributed by atoms with Crippen LogP contribution >= 0.6 is 31.9 Å². The predicted molar refractivity (Wildman–Crippen MR) is 120 cm³/mol. The van der Waals surface area contributed by atoms with Gasteiger partial charge in [0, 0.05) is 8.95 Å². The van der Waals surface area contributed by atoms with Crippen molar-refractivity contribution >= 4 is 42.8 Å². The molecule has 0 spiro atoms. The fraction of sp³-hybridized carbons (Fsp3) is 0.0417. The van der Waals surface area contributed by atoms with Crippen LogP contribution in [0.15, 0.2) is 103 Å². The fourth-order valence-corrected chi connectivity index (χ4v) is 4.47. The van der Waals surface area contributed by atoms with Gasteiger partial charge in [0.05, 0.1) is 22.6 Å². The lowest BCUT2D eigenvalue weighted by Crippen LogP contribution is -2.35. The van der Waals surface area contributed by atoms with E-state index < -0.39 is 11.0 Å². The molecule has 0 saturated heterocycles. The van der Waals surface area contributed by atoms with Crippen LogP contribution in [0.25, 0.3) is 11.0 Å². The maximum atomic E-state index is 13.3. The van der Waals surface area contributed by atoms with E-state index in [2.05, 4.69) is 31.9 Å². The van der Waals surface area contributed by atoms with Gasteiger partial charge in [0.1, 0.15) is 11.3 Å². The highest BCUT2D eigenvalue weighted by molar-refractivity contribution is 9.10. The van der Waals surface area contributed by atoms with Crippen LogP contribution in [0.4, 0.5) is 0 Å². The van der Waals surface area contributed by atoms with E-state index in [1.54, 1.807) is 12.3 Å². The van der Waals surface area contributed by atoms with E-state index in [1.807, 2.05) is 72.8 Å². The van der Waals surface area contributed by atoms with Gasteiger partial charge < -0.3 is 9.15 Å². The first-order valence-corrected chi connectivity index (χ1v) is 10.6. The van der Waals surface area contributed by atoms with Gasteiger partial charge >= 0.3 is 5.63 Å². The Morgan fingerprint density at radius 3 is 1.97 bits per heavy atom. The van der Waals surface area contributed by atoms with Crippen molar-refractivity contribution in [3.8, 4) is 5.75 Å². The number of fused-ring (bicyclic) bond motifs is 3. The Balaban J connectivity index is 1.92. The highest BCUT2D eigenvalue weighted by Gasteiger charge is 2.42. The molecule has 1 aliphatic rings. The van der Waals surface area contributed by atoms with Crippen LogP contribution in [0.5, 0.6) is 5.75 Å². The maximum absolute atomic E-state index is 13.3. The van der Waals surface area contributed by atoms with Gasteiger partial charge in [-0.2, -0.15) is 0 Å². The molecule has 2 heterocycles. The highest BCUT2D eigenvalue weighted by atomic mass is 79.9. The third-order valence-electron chi connectivity index (χ3n) is 5.26. The lowest BCUT2D eigenvalue weighted by atomic mass is 9.69. The van der Waals surface area contributed by atoms with Crippen molar-refractivity contribution in [2.75, 3.05) is 0 Å². The average molecular weight is 510 g/mol. The van der Waals surface area contributed by atoms with Gasteiger partial charge in [-0.25, -0.2) is 4.79 Å². The molecule has 1 aromatic heterocycles. The summed E-state index contributed by atoms with van der Waals surface area (Å²) in [4.78, 5) is 13.3. The second-order valence-corrected chi connectivity index (χ2v) is 8.66. The number of para-hydroxylation sites is 1. The molecule has 0 fully saturated rings. The fourth-order valence-electron chi connectivity index (χ4n) is 3.94. The number of hydrogen-bond donors (Lipinski definition) is 0. The molecular formula is C24H14Br2O3. The van der Waals surface area contributed by atoms with Crippen LogP contribution in [0.1, 0.15) is 16.7 Å². The number of allylic oxidation sites excluding steroid dienone is 1. The minimum absolute atomic E-state index is 0.408. The van der Waals surface area contributed by atoms with Crippen molar-refractivity contribution in [3.63, 3.8) is 0 Å². The summed E-state index contributed by atoms with van der Waals surface area (Å²) in [5, 5.41) is 0.769. The number of benzene rings is 3. The molecule has 142 valence electrons. The van der Waals surface area contributed by atoms with Gasteiger partial charge in [-0.15, -0.1) is 0 Å². The molecule has 1 aliphatic heterocycles. The molecule has 3 aromatic carbocycles. The van der Waals surface area contributed by atoms with Crippen LogP contribution in [0.3, 0.4) is 0 Å². The molecule has 29 heavy (non-hydrogen) atoms. The summed E-state index contributed by atoms with van der Waals surface area (Å²) < 4.78 is 13.6. The standard InChI is InChI=1S/C24H14Br2O3/c25-17-9-5-15(6-10-17)24(16-7-11-18(26)12-8-16)13-14-28-22-19-3-1-2-4-20(19)29-23(27)21(22)24/h1-14H. The zero-order chi connectivity index (χ0) is 20.0. The Labute approximate surface area is 183 Å². The van der Waals surface area contributed by atoms with E-state index in [0.717, 1.165) is 25.5 Å². The Morgan fingerprint density at radius 2 is 1.34 bits per heavy atom. The van der Waals surface area contributed by atoms with E-state index in [9.17, 15) is 4.79 Å². The van der Waals surface area contributed by atoms with Crippen LogP contribution in [-0.4, -0.2) is 0 Å². The van der Waals surface area contributed by atoms with Crippen molar-refractivity contribution in [1.29, 1.82) is 0 Å². The molecule has 0 atom stereocenters. The molecule has 0 bridgehead atoms. The first-order chi connectivity index (χ1) is 14.1. The first-order valence-electron chi connectivity index (χ1n) is 9.02. The molecule has 0 amide bonds. The minimum atomic E-state index is -0.834. The van der Waals surface area contributed by atoms with Gasteiger partial charge in [0.2, 0.25) is 0 Å². The Kier molecular flexibility index (Phi) is 4.45. The summed E-state index contributed by atoms with van der Waals surface area (Å²) in [7, 11) is 0. The smallest absolute Gasteiger partial charge is 0.344 e. The monoisotopic (exact) mass is 508 g/mol. The van der Waals surface area contributed by atoms with E-state index >= 15 is 0 Å². The molecular weight excluding hydrogens is 496 g/mol. The zero-order valence-corrected chi connectivity index (χ0v) is 18.2. The van der Waals surface area contributed by atoms with Gasteiger partial charge in [0.25, 0.3) is 0 Å². The van der Waals surface area contributed by atoms with Crippen LogP contribution in [-0.2, 0) is 5.41 Å². The average Bonchev–Trinajstić information content (AvgIpc) is 2.74. The van der Waals surface area contributed by atoms with Gasteiger partial charge in [-0.1, -0.05) is 68.3 Å². The van der Waals surface area contributed by atoms with Gasteiger partial charge in [-0.05, 0) is 53.6 Å². The minimum Gasteiger partial charge on any atom is -0.464 e. The summed E-state index contributed by atoms with van der Waals surface area (Å²) in [6, 6.07) is 23.4. The van der Waals surface area contributed by atoms with Gasteiger partial charge in [0.15, 0.2) is 0 Å².